The van der Waals surface area contributed by atoms with Gasteiger partial charge in [0.25, 0.3) is 6.47 Å². The average Bonchev–Trinajstić information content (AvgIpc) is 2.74. The molecule has 0 atom stereocenters. The van der Waals surface area contributed by atoms with Crippen LogP contribution in [0, 0.1) is 0 Å². The fourth-order valence-corrected chi connectivity index (χ4v) is 3.04. The van der Waals surface area contributed by atoms with Gasteiger partial charge in [-0.2, -0.15) is 0 Å². The van der Waals surface area contributed by atoms with Crippen LogP contribution in [0.5, 0.6) is 0 Å². The third-order valence-corrected chi connectivity index (χ3v) is 4.42. The van der Waals surface area contributed by atoms with E-state index in [9.17, 15) is 4.79 Å². The molecule has 0 radical (unpaired) electrons. The van der Waals surface area contributed by atoms with Crippen LogP contribution in [0.1, 0.15) is 16.7 Å². The number of hydrogen-bond acceptors (Lipinski definition) is 6. The van der Waals surface area contributed by atoms with E-state index < -0.39 is 0 Å². The second-order valence-corrected chi connectivity index (χ2v) is 6.34. The lowest BCUT2D eigenvalue weighted by Crippen LogP contribution is -2.44. The number of anilines is 1. The topological polar surface area (TPSA) is 93.6 Å². The van der Waals surface area contributed by atoms with Crippen LogP contribution in [0.15, 0.2) is 48.5 Å². The molecule has 2 aromatic carbocycles. The molecule has 28 heavy (non-hydrogen) atoms. The molecule has 0 unspecified atom stereocenters. The van der Waals surface area contributed by atoms with Crippen molar-refractivity contribution in [3.8, 4) is 0 Å². The van der Waals surface area contributed by atoms with Gasteiger partial charge < -0.3 is 26.4 Å². The first-order chi connectivity index (χ1) is 13.3. The van der Waals surface area contributed by atoms with Crippen molar-refractivity contribution < 1.29 is 9.53 Å². The number of carbonyl (C=O) groups is 1. The molecule has 1 heterocycles. The van der Waals surface area contributed by atoms with Gasteiger partial charge in [-0.1, -0.05) is 42.5 Å². The highest BCUT2D eigenvalue weighted by molar-refractivity contribution is 5.85. The van der Waals surface area contributed by atoms with Crippen molar-refractivity contribution in [2.75, 3.05) is 37.6 Å². The molecule has 1 fully saturated rings. The highest BCUT2D eigenvalue weighted by atomic mass is 35.5. The van der Waals surface area contributed by atoms with Crippen LogP contribution in [0.25, 0.3) is 0 Å². The van der Waals surface area contributed by atoms with Gasteiger partial charge >= 0.3 is 0 Å². The molecule has 0 amide bonds. The van der Waals surface area contributed by atoms with Gasteiger partial charge in [-0.25, -0.2) is 0 Å². The molecular formula is C21H31ClN4O2. The van der Waals surface area contributed by atoms with Crippen LogP contribution >= 0.6 is 12.4 Å². The summed E-state index contributed by atoms with van der Waals surface area (Å²) in [6, 6.07) is 16.1. The number of hydrogen-bond donors (Lipinski definition) is 3. The summed E-state index contributed by atoms with van der Waals surface area (Å²) in [4.78, 5) is 12.2. The van der Waals surface area contributed by atoms with Gasteiger partial charge in [0.15, 0.2) is 0 Å². The molecule has 7 heteroatoms. The Hall–Kier alpha value is -2.12. The largest absolute Gasteiger partial charge is 0.463 e. The Labute approximate surface area is 173 Å². The molecule has 6 nitrogen and oxygen atoms in total. The molecule has 2 aromatic rings. The van der Waals surface area contributed by atoms with Crippen LogP contribution in [-0.4, -0.2) is 39.2 Å². The molecule has 1 aliphatic heterocycles. The van der Waals surface area contributed by atoms with E-state index in [-0.39, 0.29) is 12.4 Å². The summed E-state index contributed by atoms with van der Waals surface area (Å²) in [5, 5.41) is 3.36. The quantitative estimate of drug-likeness (QED) is 0.607. The minimum atomic E-state index is 0. The highest BCUT2D eigenvalue weighted by Gasteiger charge is 2.13. The van der Waals surface area contributed by atoms with Crippen molar-refractivity contribution in [3.05, 3.63) is 65.2 Å². The third kappa shape index (κ3) is 7.86. The van der Waals surface area contributed by atoms with Gasteiger partial charge in [0.1, 0.15) is 6.61 Å². The number of benzene rings is 2. The van der Waals surface area contributed by atoms with Crippen molar-refractivity contribution in [3.63, 3.8) is 0 Å². The Balaban J connectivity index is 0.000000307. The van der Waals surface area contributed by atoms with Gasteiger partial charge in [0.05, 0.1) is 0 Å². The van der Waals surface area contributed by atoms with E-state index in [0.29, 0.717) is 26.2 Å². The van der Waals surface area contributed by atoms with Crippen LogP contribution in [0.2, 0.25) is 0 Å². The molecule has 1 aliphatic rings. The van der Waals surface area contributed by atoms with Crippen molar-refractivity contribution in [1.82, 2.24) is 5.32 Å². The zero-order valence-electron chi connectivity index (χ0n) is 16.2. The lowest BCUT2D eigenvalue weighted by molar-refractivity contribution is -0.129. The second kappa shape index (κ2) is 14.0. The van der Waals surface area contributed by atoms with Gasteiger partial charge in [-0.3, -0.25) is 4.79 Å². The zero-order chi connectivity index (χ0) is 19.3. The fourth-order valence-electron chi connectivity index (χ4n) is 3.04. The number of piperazine rings is 1. The average molecular weight is 407 g/mol. The van der Waals surface area contributed by atoms with Crippen LogP contribution < -0.4 is 21.7 Å². The summed E-state index contributed by atoms with van der Waals surface area (Å²) in [5.74, 6) is 0. The van der Waals surface area contributed by atoms with E-state index in [1.54, 1.807) is 0 Å². The van der Waals surface area contributed by atoms with E-state index in [1.165, 1.54) is 16.8 Å². The van der Waals surface area contributed by atoms with Crippen molar-refractivity contribution in [2.24, 2.45) is 11.5 Å². The highest BCUT2D eigenvalue weighted by Crippen LogP contribution is 2.22. The van der Waals surface area contributed by atoms with Gasteiger partial charge in [0, 0.05) is 38.4 Å². The van der Waals surface area contributed by atoms with Crippen LogP contribution in [0.4, 0.5) is 5.69 Å². The lowest BCUT2D eigenvalue weighted by atomic mass is 10.0. The molecule has 0 aliphatic carbocycles. The molecule has 0 saturated carbocycles. The summed E-state index contributed by atoms with van der Waals surface area (Å²) >= 11 is 0. The number of rotatable bonds is 7. The maximum atomic E-state index is 9.76. The number of ether oxygens (including phenoxy) is 1. The Morgan fingerprint density at radius 3 is 2.36 bits per heavy atom. The molecule has 3 rings (SSSR count). The van der Waals surface area contributed by atoms with Crippen molar-refractivity contribution in [1.29, 1.82) is 0 Å². The predicted molar refractivity (Wildman–Crippen MR) is 117 cm³/mol. The normalized spacial score (nSPS) is 13.0. The van der Waals surface area contributed by atoms with E-state index in [0.717, 1.165) is 38.2 Å². The van der Waals surface area contributed by atoms with Crippen molar-refractivity contribution >= 4 is 24.6 Å². The third-order valence-electron chi connectivity index (χ3n) is 4.42. The standard InChI is InChI=1S/C13H22N4.C8H8O2.ClH/c14-4-3-11-1-2-13(12(9-11)10-15)17-7-5-16-6-8-17;9-7-10-6-8-4-2-1-3-5-8;/h1-2,9,16H,3-8,10,14-15H2;1-5,7H,6H2;1H. The Morgan fingerprint density at radius 2 is 1.75 bits per heavy atom. The number of halogens is 1. The summed E-state index contributed by atoms with van der Waals surface area (Å²) in [6.45, 7) is 6.32. The van der Waals surface area contributed by atoms with E-state index in [1.807, 2.05) is 30.3 Å². The first kappa shape index (κ1) is 23.9. The lowest BCUT2D eigenvalue weighted by Gasteiger charge is -2.31. The molecule has 154 valence electrons. The smallest absolute Gasteiger partial charge is 0.293 e. The molecule has 0 aromatic heterocycles. The SMILES string of the molecule is Cl.NCCc1ccc(N2CCNCC2)c(CN)c1.O=COCc1ccccc1. The Morgan fingerprint density at radius 1 is 1.04 bits per heavy atom. The van der Waals surface area contributed by atoms with Gasteiger partial charge in [0.2, 0.25) is 0 Å². The van der Waals surface area contributed by atoms with Gasteiger partial charge in [-0.05, 0) is 35.7 Å². The van der Waals surface area contributed by atoms with E-state index in [4.69, 9.17) is 11.5 Å². The number of nitrogens with one attached hydrogen (secondary N) is 1. The minimum absolute atomic E-state index is 0. The van der Waals surface area contributed by atoms with Crippen molar-refractivity contribution in [2.45, 2.75) is 19.6 Å². The first-order valence-corrected chi connectivity index (χ1v) is 9.35. The first-order valence-electron chi connectivity index (χ1n) is 9.35. The summed E-state index contributed by atoms with van der Waals surface area (Å²) in [5.41, 5.74) is 16.2. The zero-order valence-corrected chi connectivity index (χ0v) is 17.0. The molecule has 1 saturated heterocycles. The molecule has 0 spiro atoms. The fraction of sp³-hybridized carbons (Fsp3) is 0.381. The van der Waals surface area contributed by atoms with Crippen LogP contribution in [0.3, 0.4) is 0 Å². The Bertz CT molecular complexity index is 679. The van der Waals surface area contributed by atoms with E-state index >= 15 is 0 Å². The number of nitrogens with zero attached hydrogens (tertiary/aromatic N) is 1. The second-order valence-electron chi connectivity index (χ2n) is 6.34. The maximum Gasteiger partial charge on any atom is 0.293 e. The van der Waals surface area contributed by atoms with E-state index in [2.05, 4.69) is 33.2 Å². The summed E-state index contributed by atoms with van der Waals surface area (Å²) in [7, 11) is 0. The minimum Gasteiger partial charge on any atom is -0.463 e. The Kier molecular flexibility index (Phi) is 11.9. The molecule has 5 N–H and O–H groups in total. The maximum absolute atomic E-state index is 9.76. The molecular weight excluding hydrogens is 376 g/mol. The van der Waals surface area contributed by atoms with Gasteiger partial charge in [-0.15, -0.1) is 12.4 Å². The predicted octanol–water partition coefficient (Wildman–Crippen LogP) is 1.84. The number of nitrogens with two attached hydrogens (primary N) is 2. The monoisotopic (exact) mass is 406 g/mol. The molecule has 0 bridgehead atoms. The summed E-state index contributed by atoms with van der Waals surface area (Å²) < 4.78 is 4.54. The number of carbonyl (C=O) groups excluding carboxylic acids is 1. The van der Waals surface area contributed by atoms with Crippen LogP contribution in [-0.2, 0) is 29.1 Å². The summed E-state index contributed by atoms with van der Waals surface area (Å²) in [6.07, 6.45) is 0.925.